The van der Waals surface area contributed by atoms with E-state index in [1.54, 1.807) is 29.8 Å². The zero-order valence-corrected chi connectivity index (χ0v) is 14.7. The number of rotatable bonds is 4. The Labute approximate surface area is 153 Å². The lowest BCUT2D eigenvalue weighted by Gasteiger charge is -2.29. The molecule has 0 fully saturated rings. The van der Waals surface area contributed by atoms with Gasteiger partial charge in [0, 0.05) is 11.8 Å². The summed E-state index contributed by atoms with van der Waals surface area (Å²) in [5, 5.41) is 16.7. The number of nitrogens with zero attached hydrogens (tertiary/aromatic N) is 2. The molecule has 8 heteroatoms. The van der Waals surface area contributed by atoms with Crippen LogP contribution in [0.25, 0.3) is 5.52 Å². The number of aliphatic hydroxyl groups is 1. The number of nitrogens with one attached hydrogen (secondary N) is 1. The van der Waals surface area contributed by atoms with E-state index in [0.29, 0.717) is 5.56 Å². The summed E-state index contributed by atoms with van der Waals surface area (Å²) < 4.78 is 40.5. The summed E-state index contributed by atoms with van der Waals surface area (Å²) in [4.78, 5) is 12.7. The summed E-state index contributed by atoms with van der Waals surface area (Å²) in [6.45, 7) is 2.62. The van der Waals surface area contributed by atoms with Crippen LogP contribution in [-0.4, -0.2) is 27.2 Å². The van der Waals surface area contributed by atoms with Crippen LogP contribution < -0.4 is 5.32 Å². The van der Waals surface area contributed by atoms with Crippen LogP contribution >= 0.6 is 0 Å². The molecule has 2 heterocycles. The van der Waals surface area contributed by atoms with Crippen LogP contribution in [0.15, 0.2) is 48.7 Å². The van der Waals surface area contributed by atoms with Crippen molar-refractivity contribution in [1.29, 1.82) is 0 Å². The maximum absolute atomic E-state index is 13.0. The number of alkyl halides is 3. The molecule has 3 rings (SSSR count). The van der Waals surface area contributed by atoms with Crippen LogP contribution in [0.3, 0.4) is 0 Å². The van der Waals surface area contributed by atoms with E-state index < -0.39 is 29.8 Å². The third-order valence-electron chi connectivity index (χ3n) is 4.53. The Morgan fingerprint density at radius 2 is 1.89 bits per heavy atom. The number of hydrogen-bond acceptors (Lipinski definition) is 3. The van der Waals surface area contributed by atoms with Gasteiger partial charge in [0.05, 0.1) is 23.2 Å². The average molecular weight is 377 g/mol. The lowest BCUT2D eigenvalue weighted by atomic mass is 9.91. The minimum Gasteiger partial charge on any atom is -0.394 e. The molecule has 5 nitrogen and oxygen atoms in total. The van der Waals surface area contributed by atoms with Gasteiger partial charge in [0.1, 0.15) is 0 Å². The van der Waals surface area contributed by atoms with Crippen molar-refractivity contribution in [3.05, 3.63) is 71.0 Å². The summed E-state index contributed by atoms with van der Waals surface area (Å²) >= 11 is 0. The molecule has 142 valence electrons. The fourth-order valence-corrected chi connectivity index (χ4v) is 2.89. The van der Waals surface area contributed by atoms with Crippen LogP contribution in [0.2, 0.25) is 0 Å². The number of aryl methyl sites for hydroxylation is 1. The molecule has 27 heavy (non-hydrogen) atoms. The van der Waals surface area contributed by atoms with E-state index in [-0.39, 0.29) is 11.3 Å². The lowest BCUT2D eigenvalue weighted by Crippen LogP contribution is -2.46. The first-order chi connectivity index (χ1) is 12.7. The van der Waals surface area contributed by atoms with Gasteiger partial charge in [0.15, 0.2) is 5.69 Å². The third-order valence-corrected chi connectivity index (χ3v) is 4.53. The SMILES string of the molecule is Cc1c(C(=O)NC(C)(CO)c2cccc(C(F)(F)F)c2)nn2ccccc12. The monoisotopic (exact) mass is 377 g/mol. The van der Waals surface area contributed by atoms with E-state index in [1.807, 2.05) is 6.07 Å². The van der Waals surface area contributed by atoms with Crippen molar-refractivity contribution >= 4 is 11.4 Å². The number of aromatic nitrogens is 2. The summed E-state index contributed by atoms with van der Waals surface area (Å²) in [7, 11) is 0. The number of carbonyl (C=O) groups excluding carboxylic acids is 1. The summed E-state index contributed by atoms with van der Waals surface area (Å²) in [5.74, 6) is -0.579. The Hall–Kier alpha value is -2.87. The molecule has 0 aliphatic heterocycles. The predicted molar refractivity (Wildman–Crippen MR) is 93.3 cm³/mol. The normalized spacial score (nSPS) is 14.1. The molecule has 0 saturated carbocycles. The second-order valence-electron chi connectivity index (χ2n) is 6.53. The number of halogens is 3. The van der Waals surface area contributed by atoms with Gasteiger partial charge in [-0.2, -0.15) is 18.3 Å². The lowest BCUT2D eigenvalue weighted by molar-refractivity contribution is -0.137. The van der Waals surface area contributed by atoms with E-state index in [2.05, 4.69) is 10.4 Å². The summed E-state index contributed by atoms with van der Waals surface area (Å²) in [6, 6.07) is 9.92. The van der Waals surface area contributed by atoms with Gasteiger partial charge < -0.3 is 10.4 Å². The number of pyridine rings is 1. The molecule has 0 saturated heterocycles. The largest absolute Gasteiger partial charge is 0.416 e. The van der Waals surface area contributed by atoms with Gasteiger partial charge in [-0.15, -0.1) is 0 Å². The fraction of sp³-hybridized carbons (Fsp3) is 0.263. The minimum absolute atomic E-state index is 0.146. The van der Waals surface area contributed by atoms with Crippen molar-refractivity contribution in [2.45, 2.75) is 25.6 Å². The van der Waals surface area contributed by atoms with E-state index in [0.717, 1.165) is 17.6 Å². The molecule has 0 aliphatic rings. The first-order valence-electron chi connectivity index (χ1n) is 8.21. The number of aliphatic hydroxyl groups excluding tert-OH is 1. The van der Waals surface area contributed by atoms with Crippen LogP contribution in [0.4, 0.5) is 13.2 Å². The van der Waals surface area contributed by atoms with Crippen molar-refractivity contribution in [3.63, 3.8) is 0 Å². The van der Waals surface area contributed by atoms with Crippen LogP contribution in [0, 0.1) is 6.92 Å². The molecule has 1 amide bonds. The summed E-state index contributed by atoms with van der Waals surface area (Å²) in [5.41, 5.74) is -0.578. The van der Waals surface area contributed by atoms with Crippen molar-refractivity contribution in [3.8, 4) is 0 Å². The molecule has 0 radical (unpaired) electrons. The van der Waals surface area contributed by atoms with Crippen molar-refractivity contribution in [2.75, 3.05) is 6.61 Å². The molecule has 1 aromatic carbocycles. The Bertz CT molecular complexity index is 997. The highest BCUT2D eigenvalue weighted by atomic mass is 19.4. The molecule has 2 aromatic heterocycles. The number of benzene rings is 1. The second kappa shape index (κ2) is 6.70. The van der Waals surface area contributed by atoms with E-state index in [4.69, 9.17) is 0 Å². The van der Waals surface area contributed by atoms with E-state index in [1.165, 1.54) is 19.1 Å². The smallest absolute Gasteiger partial charge is 0.394 e. The van der Waals surface area contributed by atoms with Crippen LogP contribution in [0.1, 0.15) is 34.1 Å². The van der Waals surface area contributed by atoms with Crippen molar-refractivity contribution in [1.82, 2.24) is 14.9 Å². The van der Waals surface area contributed by atoms with Gasteiger partial charge >= 0.3 is 6.18 Å². The maximum Gasteiger partial charge on any atom is 0.416 e. The van der Waals surface area contributed by atoms with E-state index >= 15 is 0 Å². The number of amides is 1. The molecule has 3 aromatic rings. The van der Waals surface area contributed by atoms with Crippen LogP contribution in [-0.2, 0) is 11.7 Å². The van der Waals surface area contributed by atoms with Gasteiger partial charge in [0.25, 0.3) is 5.91 Å². The molecule has 0 spiro atoms. The Morgan fingerprint density at radius 3 is 2.52 bits per heavy atom. The fourth-order valence-electron chi connectivity index (χ4n) is 2.89. The zero-order valence-electron chi connectivity index (χ0n) is 14.7. The predicted octanol–water partition coefficient (Wildman–Crippen LogP) is 3.30. The van der Waals surface area contributed by atoms with Gasteiger partial charge in [-0.05, 0) is 43.7 Å². The van der Waals surface area contributed by atoms with E-state index in [9.17, 15) is 23.1 Å². The molecule has 1 atom stereocenters. The Balaban J connectivity index is 1.95. The van der Waals surface area contributed by atoms with Crippen molar-refractivity contribution in [2.24, 2.45) is 0 Å². The second-order valence-corrected chi connectivity index (χ2v) is 6.53. The molecule has 0 bridgehead atoms. The highest BCUT2D eigenvalue weighted by Crippen LogP contribution is 2.32. The number of fused-ring (bicyclic) bond motifs is 1. The van der Waals surface area contributed by atoms with Crippen molar-refractivity contribution < 1.29 is 23.1 Å². The molecule has 1 unspecified atom stereocenters. The first kappa shape index (κ1) is 18.9. The third kappa shape index (κ3) is 3.52. The maximum atomic E-state index is 13.0. The number of carbonyl (C=O) groups is 1. The van der Waals surface area contributed by atoms with Crippen LogP contribution in [0.5, 0.6) is 0 Å². The van der Waals surface area contributed by atoms with Gasteiger partial charge in [-0.1, -0.05) is 18.2 Å². The minimum atomic E-state index is -4.52. The zero-order chi connectivity index (χ0) is 19.8. The molecular formula is C19H18F3N3O2. The van der Waals surface area contributed by atoms with Gasteiger partial charge in [-0.3, -0.25) is 4.79 Å². The number of hydrogen-bond donors (Lipinski definition) is 2. The standard InChI is InChI=1S/C19H18F3N3O2/c1-12-15-8-3-4-9-25(15)24-16(12)17(27)23-18(2,11-26)13-6-5-7-14(10-13)19(20,21)22/h3-10,26H,11H2,1-2H3,(H,23,27). The highest BCUT2D eigenvalue weighted by molar-refractivity contribution is 5.96. The molecule has 2 N–H and O–H groups in total. The quantitative estimate of drug-likeness (QED) is 0.733. The Kier molecular flexibility index (Phi) is 4.69. The molecule has 0 aliphatic carbocycles. The van der Waals surface area contributed by atoms with Gasteiger partial charge in [-0.25, -0.2) is 4.52 Å². The Morgan fingerprint density at radius 1 is 1.19 bits per heavy atom. The highest BCUT2D eigenvalue weighted by Gasteiger charge is 2.34. The average Bonchev–Trinajstić information content (AvgIpc) is 2.98. The topological polar surface area (TPSA) is 66.6 Å². The first-order valence-corrected chi connectivity index (χ1v) is 8.21. The summed E-state index contributed by atoms with van der Waals surface area (Å²) in [6.07, 6.45) is -2.83. The molecular weight excluding hydrogens is 359 g/mol. The van der Waals surface area contributed by atoms with Gasteiger partial charge in [0.2, 0.25) is 0 Å².